The van der Waals surface area contributed by atoms with Crippen LogP contribution in [0.15, 0.2) is 12.3 Å². The monoisotopic (exact) mass is 297 g/mol. The third-order valence-corrected chi connectivity index (χ3v) is 4.71. The van der Waals surface area contributed by atoms with E-state index >= 15 is 0 Å². The fraction of sp³-hybridized carbons (Fsp3) is 0.778. The number of hydrogen-bond acceptors (Lipinski definition) is 0. The van der Waals surface area contributed by atoms with Crippen molar-refractivity contribution in [2.45, 2.75) is 84.0 Å². The lowest BCUT2D eigenvalue weighted by molar-refractivity contribution is 0.349. The number of aryl methyl sites for hydroxylation is 1. The molecule has 1 heterocycles. The highest BCUT2D eigenvalue weighted by Crippen LogP contribution is 2.36. The lowest BCUT2D eigenvalue weighted by Gasteiger charge is -2.31. The van der Waals surface area contributed by atoms with Gasteiger partial charge in [-0.05, 0) is 18.9 Å². The molecule has 1 rings (SSSR count). The van der Waals surface area contributed by atoms with Crippen LogP contribution in [0.2, 0.25) is 5.02 Å². The molecule has 0 aliphatic carbocycles. The average molecular weight is 298 g/mol. The van der Waals surface area contributed by atoms with Gasteiger partial charge in [0.1, 0.15) is 0 Å². The molecule has 0 radical (unpaired) electrons. The van der Waals surface area contributed by atoms with E-state index in [4.69, 9.17) is 11.6 Å². The van der Waals surface area contributed by atoms with Crippen molar-refractivity contribution in [3.63, 3.8) is 0 Å². The summed E-state index contributed by atoms with van der Waals surface area (Å²) >= 11 is 6.20. The molecule has 116 valence electrons. The highest BCUT2D eigenvalue weighted by atomic mass is 35.5. The smallest absolute Gasteiger partial charge is 0.0585 e. The quantitative estimate of drug-likeness (QED) is 0.435. The van der Waals surface area contributed by atoms with Gasteiger partial charge in [0.15, 0.2) is 0 Å². The van der Waals surface area contributed by atoms with Crippen molar-refractivity contribution in [2.24, 2.45) is 7.05 Å². The molecule has 0 spiro atoms. The van der Waals surface area contributed by atoms with Gasteiger partial charge in [0, 0.05) is 24.4 Å². The number of nitrogens with zero attached hydrogens (tertiary/aromatic N) is 1. The Morgan fingerprint density at radius 3 is 2.05 bits per heavy atom. The molecular weight excluding hydrogens is 266 g/mol. The van der Waals surface area contributed by atoms with Gasteiger partial charge in [-0.25, -0.2) is 0 Å². The Hall–Kier alpha value is -0.430. The molecule has 0 saturated heterocycles. The molecule has 1 aromatic heterocycles. The molecule has 2 heteroatoms. The van der Waals surface area contributed by atoms with Gasteiger partial charge in [-0.15, -0.1) is 0 Å². The zero-order chi connectivity index (χ0) is 15.0. The summed E-state index contributed by atoms with van der Waals surface area (Å²) in [6, 6.07) is 2.17. The number of rotatable bonds is 10. The Bertz CT molecular complexity index is 383. The van der Waals surface area contributed by atoms with Gasteiger partial charge >= 0.3 is 0 Å². The van der Waals surface area contributed by atoms with Crippen LogP contribution in [0.4, 0.5) is 0 Å². The van der Waals surface area contributed by atoms with E-state index in [9.17, 15) is 0 Å². The Labute approximate surface area is 130 Å². The standard InChI is InChI=1S/C18H32ClN/c1-5-7-9-11-13-18(3,12-10-8-6-2)17-14-16(19)15-20(17)4/h14-15H,5-13H2,1-4H3. The van der Waals surface area contributed by atoms with Crippen molar-refractivity contribution >= 4 is 11.6 Å². The van der Waals surface area contributed by atoms with Gasteiger partial charge in [-0.3, -0.25) is 0 Å². The van der Waals surface area contributed by atoms with E-state index in [-0.39, 0.29) is 5.41 Å². The fourth-order valence-electron chi connectivity index (χ4n) is 3.21. The molecule has 1 atom stereocenters. The van der Waals surface area contributed by atoms with Crippen LogP contribution in [0.5, 0.6) is 0 Å². The van der Waals surface area contributed by atoms with Crippen LogP contribution in [0, 0.1) is 0 Å². The van der Waals surface area contributed by atoms with Crippen molar-refractivity contribution < 1.29 is 0 Å². The minimum Gasteiger partial charge on any atom is -0.352 e. The van der Waals surface area contributed by atoms with E-state index in [0.29, 0.717) is 0 Å². The maximum atomic E-state index is 6.20. The number of hydrogen-bond donors (Lipinski definition) is 0. The molecule has 0 saturated carbocycles. The molecule has 20 heavy (non-hydrogen) atoms. The molecule has 0 N–H and O–H groups in total. The summed E-state index contributed by atoms with van der Waals surface area (Å²) in [6.45, 7) is 6.98. The van der Waals surface area contributed by atoms with Crippen LogP contribution in [0.3, 0.4) is 0 Å². The van der Waals surface area contributed by atoms with Crippen molar-refractivity contribution in [1.82, 2.24) is 4.57 Å². The van der Waals surface area contributed by atoms with Crippen molar-refractivity contribution in [3.8, 4) is 0 Å². The molecule has 0 bridgehead atoms. The highest BCUT2D eigenvalue weighted by molar-refractivity contribution is 6.30. The van der Waals surface area contributed by atoms with Crippen molar-refractivity contribution in [3.05, 3.63) is 23.0 Å². The third kappa shape index (κ3) is 5.16. The first kappa shape index (κ1) is 17.6. The first-order valence-corrected chi connectivity index (χ1v) is 8.73. The van der Waals surface area contributed by atoms with Crippen LogP contribution >= 0.6 is 11.6 Å². The number of aromatic nitrogens is 1. The van der Waals surface area contributed by atoms with Gasteiger partial charge < -0.3 is 4.57 Å². The second kappa shape index (κ2) is 8.77. The highest BCUT2D eigenvalue weighted by Gasteiger charge is 2.28. The average Bonchev–Trinajstić information content (AvgIpc) is 2.75. The molecule has 0 amide bonds. The van der Waals surface area contributed by atoms with Crippen molar-refractivity contribution in [2.75, 3.05) is 0 Å². The lowest BCUT2D eigenvalue weighted by atomic mass is 9.77. The summed E-state index contributed by atoms with van der Waals surface area (Å²) in [5, 5.41) is 0.873. The summed E-state index contributed by atoms with van der Waals surface area (Å²) in [4.78, 5) is 0. The van der Waals surface area contributed by atoms with Gasteiger partial charge in [-0.1, -0.05) is 77.3 Å². The molecular formula is C18H32ClN. The topological polar surface area (TPSA) is 4.93 Å². The minimum atomic E-state index is 0.283. The van der Waals surface area contributed by atoms with Gasteiger partial charge in [0.25, 0.3) is 0 Å². The molecule has 0 aromatic carbocycles. The van der Waals surface area contributed by atoms with E-state index < -0.39 is 0 Å². The molecule has 0 aliphatic rings. The minimum absolute atomic E-state index is 0.283. The van der Waals surface area contributed by atoms with Gasteiger partial charge in [-0.2, -0.15) is 0 Å². The predicted molar refractivity (Wildman–Crippen MR) is 90.7 cm³/mol. The summed E-state index contributed by atoms with van der Waals surface area (Å²) < 4.78 is 2.23. The summed E-state index contributed by atoms with van der Waals surface area (Å²) in [7, 11) is 2.13. The van der Waals surface area contributed by atoms with Crippen molar-refractivity contribution in [1.29, 1.82) is 0 Å². The van der Waals surface area contributed by atoms with E-state index in [1.165, 1.54) is 63.5 Å². The largest absolute Gasteiger partial charge is 0.352 e. The Morgan fingerprint density at radius 1 is 1.00 bits per heavy atom. The zero-order valence-corrected chi connectivity index (χ0v) is 14.6. The van der Waals surface area contributed by atoms with E-state index in [1.807, 2.05) is 6.20 Å². The Balaban J connectivity index is 2.74. The van der Waals surface area contributed by atoms with E-state index in [1.54, 1.807) is 0 Å². The maximum absolute atomic E-state index is 6.20. The maximum Gasteiger partial charge on any atom is 0.0585 e. The molecule has 1 aromatic rings. The Kier molecular flexibility index (Phi) is 7.72. The Morgan fingerprint density at radius 2 is 1.55 bits per heavy atom. The predicted octanol–water partition coefficient (Wildman–Crippen LogP) is 6.49. The van der Waals surface area contributed by atoms with Crippen LogP contribution in [0.1, 0.15) is 84.3 Å². The second-order valence-corrected chi connectivity index (χ2v) is 6.92. The first-order chi connectivity index (χ1) is 9.53. The van der Waals surface area contributed by atoms with Crippen LogP contribution in [0.25, 0.3) is 0 Å². The summed E-state index contributed by atoms with van der Waals surface area (Å²) in [5.41, 5.74) is 1.69. The lowest BCUT2D eigenvalue weighted by Crippen LogP contribution is -2.25. The number of unbranched alkanes of at least 4 members (excludes halogenated alkanes) is 5. The zero-order valence-electron chi connectivity index (χ0n) is 13.8. The normalized spacial score (nSPS) is 14.4. The SMILES string of the molecule is CCCCCCC(C)(CCCCC)c1cc(Cl)cn1C. The van der Waals surface area contributed by atoms with Crippen LogP contribution in [-0.2, 0) is 12.5 Å². The van der Waals surface area contributed by atoms with E-state index in [2.05, 4.69) is 38.5 Å². The van der Waals surface area contributed by atoms with Gasteiger partial charge in [0.2, 0.25) is 0 Å². The van der Waals surface area contributed by atoms with Gasteiger partial charge in [0.05, 0.1) is 5.02 Å². The molecule has 1 unspecified atom stereocenters. The molecule has 0 fully saturated rings. The number of halogens is 1. The fourth-order valence-corrected chi connectivity index (χ4v) is 3.46. The molecule has 0 aliphatic heterocycles. The second-order valence-electron chi connectivity index (χ2n) is 6.48. The molecule has 1 nitrogen and oxygen atoms in total. The van der Waals surface area contributed by atoms with E-state index in [0.717, 1.165) is 5.02 Å². The van der Waals surface area contributed by atoms with Crippen LogP contribution < -0.4 is 0 Å². The summed E-state index contributed by atoms with van der Waals surface area (Å²) in [5.74, 6) is 0. The summed E-state index contributed by atoms with van der Waals surface area (Å²) in [6.07, 6.45) is 13.9. The first-order valence-electron chi connectivity index (χ1n) is 8.36. The third-order valence-electron chi connectivity index (χ3n) is 4.50. The van der Waals surface area contributed by atoms with Crippen LogP contribution in [-0.4, -0.2) is 4.57 Å².